The molecule has 0 aromatic carbocycles. The lowest BCUT2D eigenvalue weighted by Gasteiger charge is -2.30. The molecule has 0 aliphatic rings. The molecule has 0 saturated heterocycles. The Morgan fingerprint density at radius 1 is 1.36 bits per heavy atom. The van der Waals surface area contributed by atoms with Crippen LogP contribution in [0.1, 0.15) is 47.0 Å². The highest BCUT2D eigenvalue weighted by Crippen LogP contribution is 2.28. The first-order valence-corrected chi connectivity index (χ1v) is 5.30. The number of hydrogen-bond acceptors (Lipinski definition) is 2. The second-order valence-electron chi connectivity index (χ2n) is 4.51. The smallest absolute Gasteiger partial charge is 0.335 e. The molecule has 3 heteroatoms. The van der Waals surface area contributed by atoms with E-state index in [2.05, 4.69) is 0 Å². The van der Waals surface area contributed by atoms with Crippen LogP contribution in [-0.4, -0.2) is 21.8 Å². The van der Waals surface area contributed by atoms with Gasteiger partial charge in [0, 0.05) is 0 Å². The molecule has 0 saturated carbocycles. The van der Waals surface area contributed by atoms with Crippen LogP contribution < -0.4 is 0 Å². The molecule has 0 fully saturated rings. The van der Waals surface area contributed by atoms with Crippen LogP contribution in [0.2, 0.25) is 0 Å². The Bertz CT molecular complexity index is 189. The normalized spacial score (nSPS) is 17.9. The van der Waals surface area contributed by atoms with E-state index in [-0.39, 0.29) is 5.92 Å². The van der Waals surface area contributed by atoms with Crippen molar-refractivity contribution in [2.24, 2.45) is 11.8 Å². The van der Waals surface area contributed by atoms with Gasteiger partial charge in [-0.3, -0.25) is 0 Å². The summed E-state index contributed by atoms with van der Waals surface area (Å²) in [7, 11) is 0. The van der Waals surface area contributed by atoms with Gasteiger partial charge in [-0.2, -0.15) is 0 Å². The largest absolute Gasteiger partial charge is 0.479 e. The average molecular weight is 202 g/mol. The average Bonchev–Trinajstić information content (AvgIpc) is 2.02. The minimum Gasteiger partial charge on any atom is -0.479 e. The summed E-state index contributed by atoms with van der Waals surface area (Å²) in [5, 5.41) is 19.0. The molecular weight excluding hydrogens is 180 g/mol. The van der Waals surface area contributed by atoms with E-state index in [0.29, 0.717) is 18.8 Å². The highest BCUT2D eigenvalue weighted by Gasteiger charge is 2.40. The standard InChI is InChI=1S/C11H22O3/c1-5-6-11(14,10(12)13)9(4)7-8(2)3/h8-9,14H,5-7H2,1-4H3,(H,12,13). The molecule has 0 spiro atoms. The van der Waals surface area contributed by atoms with Gasteiger partial charge in [-0.05, 0) is 24.7 Å². The summed E-state index contributed by atoms with van der Waals surface area (Å²) in [5.41, 5.74) is -1.54. The fourth-order valence-corrected chi connectivity index (χ4v) is 1.85. The lowest BCUT2D eigenvalue weighted by Crippen LogP contribution is -2.45. The lowest BCUT2D eigenvalue weighted by atomic mass is 9.80. The van der Waals surface area contributed by atoms with Crippen LogP contribution in [0.4, 0.5) is 0 Å². The molecule has 0 aliphatic heterocycles. The first-order chi connectivity index (χ1) is 6.34. The molecule has 0 radical (unpaired) electrons. The summed E-state index contributed by atoms with van der Waals surface area (Å²) in [6.07, 6.45) is 1.75. The molecule has 84 valence electrons. The van der Waals surface area contributed by atoms with Crippen LogP contribution in [0.15, 0.2) is 0 Å². The molecule has 0 aromatic rings. The van der Waals surface area contributed by atoms with Crippen LogP contribution in [0.25, 0.3) is 0 Å². The van der Waals surface area contributed by atoms with Crippen LogP contribution in [-0.2, 0) is 4.79 Å². The van der Waals surface area contributed by atoms with Gasteiger partial charge < -0.3 is 10.2 Å². The van der Waals surface area contributed by atoms with Crippen molar-refractivity contribution in [2.45, 2.75) is 52.6 Å². The second-order valence-corrected chi connectivity index (χ2v) is 4.51. The fraction of sp³-hybridized carbons (Fsp3) is 0.909. The summed E-state index contributed by atoms with van der Waals surface area (Å²) in [6, 6.07) is 0. The third-order valence-electron chi connectivity index (χ3n) is 2.64. The number of carboxylic acids is 1. The number of aliphatic hydroxyl groups is 1. The van der Waals surface area contributed by atoms with Crippen LogP contribution in [0, 0.1) is 11.8 Å². The summed E-state index contributed by atoms with van der Waals surface area (Å²) in [4.78, 5) is 11.0. The van der Waals surface area contributed by atoms with Gasteiger partial charge in [-0.25, -0.2) is 4.79 Å². The topological polar surface area (TPSA) is 57.5 Å². The first-order valence-electron chi connectivity index (χ1n) is 5.30. The van der Waals surface area contributed by atoms with Crippen molar-refractivity contribution < 1.29 is 15.0 Å². The Labute approximate surface area is 86.1 Å². The molecule has 14 heavy (non-hydrogen) atoms. The fourth-order valence-electron chi connectivity index (χ4n) is 1.85. The predicted molar refractivity (Wildman–Crippen MR) is 56.1 cm³/mol. The molecule has 3 nitrogen and oxygen atoms in total. The van der Waals surface area contributed by atoms with Gasteiger partial charge in [0.05, 0.1) is 0 Å². The predicted octanol–water partition coefficient (Wildman–Crippen LogP) is 2.28. The van der Waals surface area contributed by atoms with Crippen molar-refractivity contribution in [3.8, 4) is 0 Å². The molecule has 0 heterocycles. The van der Waals surface area contributed by atoms with Gasteiger partial charge in [0.2, 0.25) is 0 Å². The maximum atomic E-state index is 11.0. The Kier molecular flexibility index (Phi) is 5.13. The first kappa shape index (κ1) is 13.4. The minimum absolute atomic E-state index is 0.194. The monoisotopic (exact) mass is 202 g/mol. The molecule has 2 atom stereocenters. The van der Waals surface area contributed by atoms with Gasteiger partial charge in [-0.15, -0.1) is 0 Å². The van der Waals surface area contributed by atoms with E-state index < -0.39 is 11.6 Å². The summed E-state index contributed by atoms with van der Waals surface area (Å²) < 4.78 is 0. The minimum atomic E-state index is -1.54. The zero-order valence-electron chi connectivity index (χ0n) is 9.58. The van der Waals surface area contributed by atoms with Crippen LogP contribution in [0.3, 0.4) is 0 Å². The zero-order valence-corrected chi connectivity index (χ0v) is 9.58. The van der Waals surface area contributed by atoms with Crippen LogP contribution in [0.5, 0.6) is 0 Å². The lowest BCUT2D eigenvalue weighted by molar-refractivity contribution is -0.166. The highest BCUT2D eigenvalue weighted by atomic mass is 16.4. The maximum absolute atomic E-state index is 11.0. The van der Waals surface area contributed by atoms with E-state index in [0.717, 1.165) is 6.42 Å². The van der Waals surface area contributed by atoms with Gasteiger partial charge >= 0.3 is 5.97 Å². The second kappa shape index (κ2) is 5.35. The van der Waals surface area contributed by atoms with Gasteiger partial charge in [0.25, 0.3) is 0 Å². The van der Waals surface area contributed by atoms with E-state index in [1.54, 1.807) is 0 Å². The maximum Gasteiger partial charge on any atom is 0.335 e. The van der Waals surface area contributed by atoms with Gasteiger partial charge in [0.1, 0.15) is 0 Å². The SMILES string of the molecule is CCCC(O)(C(=O)O)C(C)CC(C)C. The number of hydrogen-bond donors (Lipinski definition) is 2. The number of carbonyl (C=O) groups is 1. The molecule has 2 N–H and O–H groups in total. The molecule has 0 bridgehead atoms. The zero-order chi connectivity index (χ0) is 11.4. The van der Waals surface area contributed by atoms with Crippen molar-refractivity contribution in [3.05, 3.63) is 0 Å². The van der Waals surface area contributed by atoms with E-state index in [4.69, 9.17) is 5.11 Å². The van der Waals surface area contributed by atoms with Gasteiger partial charge in [-0.1, -0.05) is 34.1 Å². The molecule has 0 amide bonds. The van der Waals surface area contributed by atoms with Crippen molar-refractivity contribution >= 4 is 5.97 Å². The van der Waals surface area contributed by atoms with E-state index >= 15 is 0 Å². The van der Waals surface area contributed by atoms with Crippen molar-refractivity contribution in [1.29, 1.82) is 0 Å². The Morgan fingerprint density at radius 2 is 1.86 bits per heavy atom. The third kappa shape index (κ3) is 3.29. The number of carboxylic acid groups (broad SMARTS) is 1. The Morgan fingerprint density at radius 3 is 2.14 bits per heavy atom. The highest BCUT2D eigenvalue weighted by molar-refractivity contribution is 5.77. The molecule has 2 unspecified atom stereocenters. The van der Waals surface area contributed by atoms with Crippen molar-refractivity contribution in [2.75, 3.05) is 0 Å². The van der Waals surface area contributed by atoms with E-state index in [1.807, 2.05) is 27.7 Å². The number of aliphatic carboxylic acids is 1. The molecular formula is C11H22O3. The quantitative estimate of drug-likeness (QED) is 0.694. The summed E-state index contributed by atoms with van der Waals surface area (Å²) in [6.45, 7) is 7.76. The molecule has 0 rings (SSSR count). The van der Waals surface area contributed by atoms with Gasteiger partial charge in [0.15, 0.2) is 5.60 Å². The van der Waals surface area contributed by atoms with E-state index in [1.165, 1.54) is 0 Å². The van der Waals surface area contributed by atoms with E-state index in [9.17, 15) is 9.90 Å². The van der Waals surface area contributed by atoms with Crippen molar-refractivity contribution in [3.63, 3.8) is 0 Å². The molecule has 0 aliphatic carbocycles. The third-order valence-corrected chi connectivity index (χ3v) is 2.64. The van der Waals surface area contributed by atoms with Crippen LogP contribution >= 0.6 is 0 Å². The summed E-state index contributed by atoms with van der Waals surface area (Å²) >= 11 is 0. The Balaban J connectivity index is 4.55. The van der Waals surface area contributed by atoms with Crippen molar-refractivity contribution in [1.82, 2.24) is 0 Å². The number of rotatable bonds is 6. The molecule has 0 aromatic heterocycles. The Hall–Kier alpha value is -0.570. The summed E-state index contributed by atoms with van der Waals surface area (Å²) in [5.74, 6) is -0.875.